The monoisotopic (exact) mass is 223 g/mol. The Kier molecular flexibility index (Phi) is 2.43. The van der Waals surface area contributed by atoms with Gasteiger partial charge in [-0.05, 0) is 22.1 Å². The van der Waals surface area contributed by atoms with Crippen molar-refractivity contribution in [3.05, 3.63) is 52.0 Å². The molecular formula is C10H8ClN2O2+. The van der Waals surface area contributed by atoms with Crippen molar-refractivity contribution in [3.63, 3.8) is 0 Å². The van der Waals surface area contributed by atoms with Crippen LogP contribution in [0.5, 0.6) is 0 Å². The minimum Gasteiger partial charge on any atom is -0.282 e. The van der Waals surface area contributed by atoms with Gasteiger partial charge in [0.05, 0.1) is 0 Å². The number of H-pyrrole nitrogens is 1. The highest BCUT2D eigenvalue weighted by Crippen LogP contribution is 2.09. The summed E-state index contributed by atoms with van der Waals surface area (Å²) in [5.74, 6) is 0. The van der Waals surface area contributed by atoms with Crippen molar-refractivity contribution in [1.29, 1.82) is 0 Å². The van der Waals surface area contributed by atoms with Gasteiger partial charge in [0.15, 0.2) is 0 Å². The molecule has 15 heavy (non-hydrogen) atoms. The molecule has 0 bridgehead atoms. The van der Waals surface area contributed by atoms with E-state index in [-0.39, 0.29) is 0 Å². The van der Waals surface area contributed by atoms with Gasteiger partial charge in [0.1, 0.15) is 0 Å². The predicted molar refractivity (Wildman–Crippen MR) is 56.0 cm³/mol. The number of aromatic amines is 1. The quantitative estimate of drug-likeness (QED) is 0.786. The molecule has 2 rings (SSSR count). The van der Waals surface area contributed by atoms with Crippen molar-refractivity contribution in [3.8, 4) is 5.69 Å². The lowest BCUT2D eigenvalue weighted by molar-refractivity contribution is -0.672. The number of nitrogens with zero attached hydrogens (tertiary/aromatic N) is 1. The number of aromatic nitrogens is 2. The summed E-state index contributed by atoms with van der Waals surface area (Å²) in [7, 11) is 0. The second-order valence-electron chi connectivity index (χ2n) is 2.88. The first-order valence-electron chi connectivity index (χ1n) is 4.24. The van der Waals surface area contributed by atoms with Crippen LogP contribution in [0.15, 0.2) is 40.2 Å². The Labute approximate surface area is 90.4 Å². The largest absolute Gasteiger partial charge is 0.435 e. The summed E-state index contributed by atoms with van der Waals surface area (Å²) in [6, 6.07) is 6.98. The summed E-state index contributed by atoms with van der Waals surface area (Å²) < 4.78 is 6.14. The van der Waals surface area contributed by atoms with E-state index in [2.05, 4.69) is 16.4 Å². The maximum absolute atomic E-state index is 11.2. The van der Waals surface area contributed by atoms with Crippen LogP contribution >= 0.6 is 11.6 Å². The summed E-state index contributed by atoms with van der Waals surface area (Å²) in [6.45, 7) is 3.54. The normalized spacial score (nSPS) is 10.2. The van der Waals surface area contributed by atoms with Crippen LogP contribution in [0.4, 0.5) is 0 Å². The highest BCUT2D eigenvalue weighted by atomic mass is 35.5. The maximum Gasteiger partial charge on any atom is 0.435 e. The van der Waals surface area contributed by atoms with Gasteiger partial charge >= 0.3 is 11.3 Å². The van der Waals surface area contributed by atoms with Gasteiger partial charge in [-0.25, -0.2) is 4.79 Å². The zero-order valence-corrected chi connectivity index (χ0v) is 8.49. The molecule has 0 aliphatic carbocycles. The Morgan fingerprint density at radius 2 is 2.07 bits per heavy atom. The first kappa shape index (κ1) is 9.73. The van der Waals surface area contributed by atoms with Crippen molar-refractivity contribution in [1.82, 2.24) is 5.27 Å². The van der Waals surface area contributed by atoms with Gasteiger partial charge in [0.2, 0.25) is 5.69 Å². The molecule has 0 saturated heterocycles. The Bertz CT molecular complexity index is 539. The summed E-state index contributed by atoms with van der Waals surface area (Å²) in [5.41, 5.74) is 0.637. The first-order chi connectivity index (χ1) is 7.22. The van der Waals surface area contributed by atoms with E-state index in [1.807, 2.05) is 0 Å². The second kappa shape index (κ2) is 3.74. The van der Waals surface area contributed by atoms with E-state index in [0.717, 1.165) is 5.69 Å². The lowest BCUT2D eigenvalue weighted by Gasteiger charge is -1.90. The van der Waals surface area contributed by atoms with E-state index in [1.54, 1.807) is 24.3 Å². The van der Waals surface area contributed by atoms with Gasteiger partial charge in [-0.15, -0.1) is 0 Å². The SMILES string of the molecule is C=Cc1c(=O)o[nH][n+]1-c1ccc(Cl)cc1. The smallest absolute Gasteiger partial charge is 0.282 e. The van der Waals surface area contributed by atoms with Crippen molar-refractivity contribution >= 4 is 17.7 Å². The van der Waals surface area contributed by atoms with Crippen molar-refractivity contribution < 1.29 is 9.20 Å². The van der Waals surface area contributed by atoms with E-state index in [9.17, 15) is 4.79 Å². The Morgan fingerprint density at radius 1 is 1.40 bits per heavy atom. The molecule has 0 unspecified atom stereocenters. The molecule has 0 radical (unpaired) electrons. The third-order valence-corrected chi connectivity index (χ3v) is 2.21. The highest BCUT2D eigenvalue weighted by molar-refractivity contribution is 6.30. The molecule has 4 nitrogen and oxygen atoms in total. The first-order valence-corrected chi connectivity index (χ1v) is 4.62. The summed E-state index contributed by atoms with van der Waals surface area (Å²) >= 11 is 5.75. The van der Waals surface area contributed by atoms with Gasteiger partial charge in [0.25, 0.3) is 0 Å². The molecule has 1 aromatic heterocycles. The fraction of sp³-hybridized carbons (Fsp3) is 0. The second-order valence-corrected chi connectivity index (χ2v) is 3.32. The molecular weight excluding hydrogens is 216 g/mol. The average molecular weight is 224 g/mol. The standard InChI is InChI=1S/C10H7ClN2O2/c1-2-9-10(14)15-12-13(9)8-5-3-7(11)4-6-8/h2-6H,1H2/p+1. The van der Waals surface area contributed by atoms with Gasteiger partial charge in [-0.3, -0.25) is 4.52 Å². The van der Waals surface area contributed by atoms with Crippen molar-refractivity contribution in [2.24, 2.45) is 0 Å². The van der Waals surface area contributed by atoms with E-state index >= 15 is 0 Å². The molecule has 0 aliphatic heterocycles. The molecule has 0 spiro atoms. The van der Waals surface area contributed by atoms with Gasteiger partial charge in [0, 0.05) is 23.2 Å². The van der Waals surface area contributed by atoms with E-state index in [4.69, 9.17) is 11.6 Å². The van der Waals surface area contributed by atoms with Crippen LogP contribution in [0.2, 0.25) is 5.02 Å². The molecule has 0 fully saturated rings. The molecule has 1 aromatic carbocycles. The molecule has 0 atom stereocenters. The molecule has 1 N–H and O–H groups in total. The zero-order valence-electron chi connectivity index (χ0n) is 7.74. The number of hydrogen-bond acceptors (Lipinski definition) is 2. The van der Waals surface area contributed by atoms with E-state index in [1.165, 1.54) is 10.8 Å². The Hall–Kier alpha value is -1.81. The molecule has 1 heterocycles. The number of halogens is 1. The highest BCUT2D eigenvalue weighted by Gasteiger charge is 2.19. The van der Waals surface area contributed by atoms with Crippen LogP contribution in [0.25, 0.3) is 11.8 Å². The average Bonchev–Trinajstić information content (AvgIpc) is 2.61. The molecule has 5 heteroatoms. The van der Waals surface area contributed by atoms with E-state index in [0.29, 0.717) is 10.7 Å². The fourth-order valence-electron chi connectivity index (χ4n) is 1.24. The number of benzene rings is 1. The molecule has 2 aromatic rings. The molecule has 0 aliphatic rings. The third kappa shape index (κ3) is 1.71. The van der Waals surface area contributed by atoms with Crippen LogP contribution in [-0.4, -0.2) is 5.27 Å². The lowest BCUT2D eigenvalue weighted by Crippen LogP contribution is -2.36. The van der Waals surface area contributed by atoms with Crippen LogP contribution < -0.4 is 10.3 Å². The zero-order chi connectivity index (χ0) is 10.8. The van der Waals surface area contributed by atoms with E-state index < -0.39 is 5.63 Å². The van der Waals surface area contributed by atoms with Gasteiger partial charge < -0.3 is 0 Å². The summed E-state index contributed by atoms with van der Waals surface area (Å²) in [5, 5.41) is 3.11. The predicted octanol–water partition coefficient (Wildman–Crippen LogP) is 1.54. The Balaban J connectivity index is 2.58. The topological polar surface area (TPSA) is 49.9 Å². The minimum absolute atomic E-state index is 0.345. The van der Waals surface area contributed by atoms with Crippen LogP contribution in [0.3, 0.4) is 0 Å². The summed E-state index contributed by atoms with van der Waals surface area (Å²) in [6.07, 6.45) is 1.43. The van der Waals surface area contributed by atoms with Crippen LogP contribution in [-0.2, 0) is 0 Å². The van der Waals surface area contributed by atoms with Gasteiger partial charge in [-0.2, -0.15) is 0 Å². The van der Waals surface area contributed by atoms with Crippen molar-refractivity contribution in [2.75, 3.05) is 0 Å². The van der Waals surface area contributed by atoms with Crippen LogP contribution in [0, 0.1) is 0 Å². The molecule has 76 valence electrons. The molecule has 0 amide bonds. The number of hydrogen-bond donors (Lipinski definition) is 1. The fourth-order valence-corrected chi connectivity index (χ4v) is 1.36. The summed E-state index contributed by atoms with van der Waals surface area (Å²) in [4.78, 5) is 11.2. The van der Waals surface area contributed by atoms with Crippen molar-refractivity contribution in [2.45, 2.75) is 0 Å². The minimum atomic E-state index is -0.458. The third-order valence-electron chi connectivity index (χ3n) is 1.96. The number of rotatable bonds is 2. The Morgan fingerprint density at radius 3 is 2.67 bits per heavy atom. The van der Waals surface area contributed by atoms with Gasteiger partial charge in [-0.1, -0.05) is 18.2 Å². The molecule has 0 saturated carbocycles. The lowest BCUT2D eigenvalue weighted by atomic mass is 10.3. The van der Waals surface area contributed by atoms with Crippen LogP contribution in [0.1, 0.15) is 5.69 Å². The number of nitrogens with one attached hydrogen (secondary N) is 1. The maximum atomic E-state index is 11.2.